The average Bonchev–Trinajstić information content (AvgIpc) is 3.22. The predicted molar refractivity (Wildman–Crippen MR) is 67.0 cm³/mol. The van der Waals surface area contributed by atoms with Gasteiger partial charge in [-0.2, -0.15) is 9.97 Å². The minimum Gasteiger partial charge on any atom is -0.368 e. The highest BCUT2D eigenvalue weighted by Crippen LogP contribution is 2.38. The number of nitrogens with zero attached hydrogens (tertiary/aromatic N) is 4. The van der Waals surface area contributed by atoms with E-state index in [4.69, 9.17) is 10.5 Å². The Bertz CT molecular complexity index is 434. The first-order chi connectivity index (χ1) is 8.76. The number of ether oxygens (including phenoxy) is 1. The topological polar surface area (TPSA) is 77.2 Å². The van der Waals surface area contributed by atoms with Gasteiger partial charge in [0.05, 0.1) is 6.61 Å². The minimum atomic E-state index is -0.0681. The molecule has 2 N–H and O–H groups in total. The lowest BCUT2D eigenvalue weighted by Gasteiger charge is -2.31. The molecule has 1 aromatic heterocycles. The van der Waals surface area contributed by atoms with Crippen molar-refractivity contribution in [2.75, 3.05) is 32.0 Å². The summed E-state index contributed by atoms with van der Waals surface area (Å²) in [6.07, 6.45) is 2.26. The van der Waals surface area contributed by atoms with Gasteiger partial charge in [-0.15, -0.1) is 0 Å². The van der Waals surface area contributed by atoms with E-state index in [1.54, 1.807) is 0 Å². The van der Waals surface area contributed by atoms with Crippen LogP contribution >= 0.6 is 0 Å². The first kappa shape index (κ1) is 11.8. The highest BCUT2D eigenvalue weighted by Gasteiger charge is 2.30. The Kier molecular flexibility index (Phi) is 3.13. The molecule has 2 fully saturated rings. The van der Waals surface area contributed by atoms with Gasteiger partial charge in [0.2, 0.25) is 5.95 Å². The highest BCUT2D eigenvalue weighted by molar-refractivity contribution is 5.20. The van der Waals surface area contributed by atoms with E-state index < -0.39 is 0 Å². The van der Waals surface area contributed by atoms with Gasteiger partial charge in [0.25, 0.3) is 0 Å². The largest absolute Gasteiger partial charge is 0.368 e. The Hall–Kier alpha value is -1.27. The van der Waals surface area contributed by atoms with Crippen LogP contribution in [0.25, 0.3) is 0 Å². The van der Waals surface area contributed by atoms with Gasteiger partial charge in [0.15, 0.2) is 5.82 Å². The molecule has 1 aromatic rings. The monoisotopic (exact) mass is 249 g/mol. The van der Waals surface area contributed by atoms with Crippen molar-refractivity contribution in [1.82, 2.24) is 19.9 Å². The van der Waals surface area contributed by atoms with Gasteiger partial charge in [0.1, 0.15) is 11.9 Å². The molecule has 1 saturated carbocycles. The first-order valence-corrected chi connectivity index (χ1v) is 6.61. The molecular weight excluding hydrogens is 230 g/mol. The SMILES string of the molecule is CCN1CCOC(c2nc(N)nc(C3CC3)n2)C1. The van der Waals surface area contributed by atoms with Crippen molar-refractivity contribution >= 4 is 5.95 Å². The number of hydrogen-bond acceptors (Lipinski definition) is 6. The molecular formula is C12H19N5O. The number of rotatable bonds is 3. The summed E-state index contributed by atoms with van der Waals surface area (Å²) >= 11 is 0. The molecule has 0 spiro atoms. The van der Waals surface area contributed by atoms with Crippen molar-refractivity contribution in [2.24, 2.45) is 0 Å². The standard InChI is InChI=1S/C12H19N5O/c1-2-17-5-6-18-9(7-17)11-14-10(8-3-4-8)15-12(13)16-11/h8-9H,2-7H2,1H3,(H2,13,14,15,16). The van der Waals surface area contributed by atoms with Crippen molar-refractivity contribution in [3.63, 3.8) is 0 Å². The molecule has 1 aliphatic carbocycles. The number of aromatic nitrogens is 3. The summed E-state index contributed by atoms with van der Waals surface area (Å²) in [6.45, 7) is 5.71. The van der Waals surface area contributed by atoms with Crippen molar-refractivity contribution in [3.05, 3.63) is 11.6 Å². The van der Waals surface area contributed by atoms with E-state index in [9.17, 15) is 0 Å². The van der Waals surface area contributed by atoms with Gasteiger partial charge < -0.3 is 10.5 Å². The Morgan fingerprint density at radius 3 is 2.78 bits per heavy atom. The maximum Gasteiger partial charge on any atom is 0.223 e. The molecule has 1 aliphatic heterocycles. The van der Waals surface area contributed by atoms with Crippen LogP contribution in [0.1, 0.15) is 43.4 Å². The molecule has 98 valence electrons. The zero-order valence-electron chi connectivity index (χ0n) is 10.7. The van der Waals surface area contributed by atoms with Gasteiger partial charge in [0, 0.05) is 19.0 Å². The summed E-state index contributed by atoms with van der Waals surface area (Å²) in [6, 6.07) is 0. The fourth-order valence-electron chi connectivity index (χ4n) is 2.24. The van der Waals surface area contributed by atoms with Crippen molar-refractivity contribution in [2.45, 2.75) is 31.8 Å². The summed E-state index contributed by atoms with van der Waals surface area (Å²) < 4.78 is 5.76. The third-order valence-electron chi connectivity index (χ3n) is 3.52. The van der Waals surface area contributed by atoms with Crippen LogP contribution in [0.4, 0.5) is 5.95 Å². The molecule has 2 heterocycles. The van der Waals surface area contributed by atoms with E-state index in [1.807, 2.05) is 0 Å². The van der Waals surface area contributed by atoms with Crippen LogP contribution in [-0.4, -0.2) is 46.1 Å². The fourth-order valence-corrected chi connectivity index (χ4v) is 2.24. The Balaban J connectivity index is 1.81. The molecule has 3 rings (SSSR count). The van der Waals surface area contributed by atoms with Crippen LogP contribution in [0.15, 0.2) is 0 Å². The smallest absolute Gasteiger partial charge is 0.223 e. The van der Waals surface area contributed by atoms with Crippen molar-refractivity contribution < 1.29 is 4.74 Å². The zero-order chi connectivity index (χ0) is 12.5. The van der Waals surface area contributed by atoms with Crippen molar-refractivity contribution in [1.29, 1.82) is 0 Å². The summed E-state index contributed by atoms with van der Waals surface area (Å²) in [7, 11) is 0. The lowest BCUT2D eigenvalue weighted by Crippen LogP contribution is -2.38. The number of hydrogen-bond donors (Lipinski definition) is 1. The molecule has 6 nitrogen and oxygen atoms in total. The summed E-state index contributed by atoms with van der Waals surface area (Å²) in [5.41, 5.74) is 5.77. The molecule has 2 aliphatic rings. The number of likely N-dealkylation sites (N-methyl/N-ethyl adjacent to an activating group) is 1. The number of nitrogen functional groups attached to an aromatic ring is 1. The van der Waals surface area contributed by atoms with Crippen molar-refractivity contribution in [3.8, 4) is 0 Å². The van der Waals surface area contributed by atoms with Gasteiger partial charge in [-0.3, -0.25) is 4.90 Å². The number of nitrogens with two attached hydrogens (primary N) is 1. The third-order valence-corrected chi connectivity index (χ3v) is 3.52. The second kappa shape index (κ2) is 4.78. The average molecular weight is 249 g/mol. The molecule has 6 heteroatoms. The second-order valence-electron chi connectivity index (χ2n) is 4.94. The zero-order valence-corrected chi connectivity index (χ0v) is 10.7. The Morgan fingerprint density at radius 2 is 2.06 bits per heavy atom. The van der Waals surface area contributed by atoms with Gasteiger partial charge in [-0.1, -0.05) is 6.92 Å². The van der Waals surface area contributed by atoms with E-state index in [0.717, 1.165) is 44.9 Å². The quantitative estimate of drug-likeness (QED) is 0.850. The molecule has 0 aromatic carbocycles. The van der Waals surface area contributed by atoms with E-state index in [2.05, 4.69) is 26.8 Å². The number of morpholine rings is 1. The fraction of sp³-hybridized carbons (Fsp3) is 0.750. The summed E-state index contributed by atoms with van der Waals surface area (Å²) in [5.74, 6) is 2.34. The molecule has 0 amide bonds. The second-order valence-corrected chi connectivity index (χ2v) is 4.94. The molecule has 1 atom stereocenters. The third kappa shape index (κ3) is 2.44. The van der Waals surface area contributed by atoms with E-state index >= 15 is 0 Å². The van der Waals surface area contributed by atoms with E-state index in [1.165, 1.54) is 0 Å². The summed E-state index contributed by atoms with van der Waals surface area (Å²) in [4.78, 5) is 15.3. The molecule has 0 radical (unpaired) electrons. The molecule has 0 bridgehead atoms. The van der Waals surface area contributed by atoms with Crippen LogP contribution < -0.4 is 5.73 Å². The van der Waals surface area contributed by atoms with Crippen LogP contribution in [-0.2, 0) is 4.74 Å². The lowest BCUT2D eigenvalue weighted by molar-refractivity contribution is -0.0327. The van der Waals surface area contributed by atoms with Crippen LogP contribution in [0.5, 0.6) is 0 Å². The first-order valence-electron chi connectivity index (χ1n) is 6.61. The van der Waals surface area contributed by atoms with Crippen LogP contribution in [0.2, 0.25) is 0 Å². The highest BCUT2D eigenvalue weighted by atomic mass is 16.5. The maximum absolute atomic E-state index is 5.77. The normalized spacial score (nSPS) is 25.3. The van der Waals surface area contributed by atoms with Crippen LogP contribution in [0, 0.1) is 0 Å². The van der Waals surface area contributed by atoms with Crippen LogP contribution in [0.3, 0.4) is 0 Å². The van der Waals surface area contributed by atoms with Gasteiger partial charge in [-0.25, -0.2) is 4.98 Å². The predicted octanol–water partition coefficient (Wildman–Crippen LogP) is 0.724. The Labute approximate surface area is 107 Å². The van der Waals surface area contributed by atoms with Gasteiger partial charge in [-0.05, 0) is 19.4 Å². The Morgan fingerprint density at radius 1 is 1.28 bits per heavy atom. The summed E-state index contributed by atoms with van der Waals surface area (Å²) in [5, 5.41) is 0. The van der Waals surface area contributed by atoms with Gasteiger partial charge >= 0.3 is 0 Å². The van der Waals surface area contributed by atoms with E-state index in [-0.39, 0.29) is 6.10 Å². The molecule has 1 unspecified atom stereocenters. The molecule has 1 saturated heterocycles. The number of anilines is 1. The van der Waals surface area contributed by atoms with E-state index in [0.29, 0.717) is 17.7 Å². The maximum atomic E-state index is 5.77. The molecule has 18 heavy (non-hydrogen) atoms. The minimum absolute atomic E-state index is 0.0681. The lowest BCUT2D eigenvalue weighted by atomic mass is 10.2.